The lowest BCUT2D eigenvalue weighted by molar-refractivity contribution is -0.0180. The molecule has 2 aromatic rings. The molecule has 0 saturated carbocycles. The summed E-state index contributed by atoms with van der Waals surface area (Å²) in [6.07, 6.45) is 4.91. The maximum absolute atomic E-state index is 6.84. The van der Waals surface area contributed by atoms with E-state index in [2.05, 4.69) is 88.4 Å². The van der Waals surface area contributed by atoms with E-state index in [1.165, 1.54) is 29.6 Å². The Kier molecular flexibility index (Phi) is 19.9. The Balaban J connectivity index is 1.48. The highest BCUT2D eigenvalue weighted by Gasteiger charge is 2.49. The van der Waals surface area contributed by atoms with Gasteiger partial charge >= 0.3 is 0 Å². The molecule has 2 rings (SSSR count). The molecule has 8 heteroatoms. The van der Waals surface area contributed by atoms with E-state index in [9.17, 15) is 0 Å². The fourth-order valence-electron chi connectivity index (χ4n) is 4.85. The first-order valence-corrected chi connectivity index (χ1v) is 17.6. The molecule has 0 atom stereocenters. The first-order valence-electron chi connectivity index (χ1n) is 15.7. The monoisotopic (exact) mass is 604 g/mol. The van der Waals surface area contributed by atoms with E-state index in [0.717, 1.165) is 13.0 Å². The van der Waals surface area contributed by atoms with E-state index in [-0.39, 0.29) is 5.04 Å². The molecular weight excluding hydrogens is 548 g/mol. The minimum absolute atomic E-state index is 0.0417. The largest absolute Gasteiger partial charge is 0.405 e. The van der Waals surface area contributed by atoms with Crippen molar-refractivity contribution in [2.24, 2.45) is 0 Å². The van der Waals surface area contributed by atoms with Crippen molar-refractivity contribution in [1.29, 1.82) is 0 Å². The molecule has 0 fully saturated rings. The van der Waals surface area contributed by atoms with E-state index >= 15 is 0 Å². The van der Waals surface area contributed by atoms with Crippen molar-refractivity contribution in [3.05, 3.63) is 60.7 Å². The van der Waals surface area contributed by atoms with E-state index < -0.39 is 8.32 Å². The Morgan fingerprint density at radius 1 is 0.452 bits per heavy atom. The van der Waals surface area contributed by atoms with Gasteiger partial charge in [-0.3, -0.25) is 0 Å². The van der Waals surface area contributed by atoms with Crippen LogP contribution >= 0.6 is 0 Å². The van der Waals surface area contributed by atoms with Gasteiger partial charge in [0, 0.05) is 6.61 Å². The van der Waals surface area contributed by atoms with Crippen molar-refractivity contribution >= 4 is 18.7 Å². The van der Waals surface area contributed by atoms with Crippen LogP contribution in [-0.2, 0) is 32.8 Å². The van der Waals surface area contributed by atoms with Crippen LogP contribution in [0.1, 0.15) is 53.4 Å². The standard InChI is InChI=1S/C34H56O7Si/c1-5-6-7-14-19-35-20-21-36-22-23-37-24-25-38-26-27-39-28-29-40-30-31-41-42(34(2,3)4,32-15-10-8-11-16-32)33-17-12-9-13-18-33/h8-13,15-18H,5-7,14,19-31H2,1-4H3. The second-order valence-corrected chi connectivity index (χ2v) is 15.6. The zero-order valence-electron chi connectivity index (χ0n) is 26.7. The predicted octanol–water partition coefficient (Wildman–Crippen LogP) is 5.24. The van der Waals surface area contributed by atoms with E-state index in [0.29, 0.717) is 79.3 Å². The lowest BCUT2D eigenvalue weighted by atomic mass is 10.2. The molecule has 0 aliphatic carbocycles. The van der Waals surface area contributed by atoms with Crippen LogP contribution in [0.3, 0.4) is 0 Å². The van der Waals surface area contributed by atoms with Crippen LogP contribution in [0.25, 0.3) is 0 Å². The molecule has 238 valence electrons. The third-order valence-corrected chi connectivity index (χ3v) is 12.0. The van der Waals surface area contributed by atoms with Crippen molar-refractivity contribution in [3.8, 4) is 0 Å². The summed E-state index contributed by atoms with van der Waals surface area (Å²) >= 11 is 0. The second-order valence-electron chi connectivity index (χ2n) is 11.2. The molecule has 0 spiro atoms. The number of ether oxygens (including phenoxy) is 6. The van der Waals surface area contributed by atoms with Crippen molar-refractivity contribution in [2.45, 2.75) is 58.4 Å². The smallest absolute Gasteiger partial charge is 0.261 e. The fraction of sp³-hybridized carbons (Fsp3) is 0.647. The summed E-state index contributed by atoms with van der Waals surface area (Å²) in [6.45, 7) is 16.6. The number of rotatable bonds is 26. The molecule has 0 heterocycles. The van der Waals surface area contributed by atoms with Gasteiger partial charge in [-0.25, -0.2) is 0 Å². The fourth-order valence-corrected chi connectivity index (χ4v) is 9.39. The van der Waals surface area contributed by atoms with Gasteiger partial charge in [-0.1, -0.05) is 108 Å². The van der Waals surface area contributed by atoms with Crippen LogP contribution < -0.4 is 10.4 Å². The van der Waals surface area contributed by atoms with E-state index in [1.807, 2.05) is 0 Å². The van der Waals surface area contributed by atoms with Crippen LogP contribution in [-0.4, -0.2) is 94.2 Å². The zero-order chi connectivity index (χ0) is 30.2. The number of unbranched alkanes of at least 4 members (excludes halogenated alkanes) is 3. The summed E-state index contributed by atoms with van der Waals surface area (Å²) in [5.74, 6) is 0. The highest BCUT2D eigenvalue weighted by molar-refractivity contribution is 6.99. The zero-order valence-corrected chi connectivity index (χ0v) is 27.7. The van der Waals surface area contributed by atoms with E-state index in [1.54, 1.807) is 0 Å². The molecule has 7 nitrogen and oxygen atoms in total. The molecule has 0 radical (unpaired) electrons. The summed E-state index contributed by atoms with van der Waals surface area (Å²) in [5, 5.41) is 2.51. The van der Waals surface area contributed by atoms with Crippen LogP contribution in [0.15, 0.2) is 60.7 Å². The van der Waals surface area contributed by atoms with Crippen molar-refractivity contribution < 1.29 is 32.8 Å². The molecule has 0 aliphatic heterocycles. The molecule has 0 aliphatic rings. The van der Waals surface area contributed by atoms with Crippen LogP contribution in [0.5, 0.6) is 0 Å². The first-order chi connectivity index (χ1) is 20.5. The summed E-state index contributed by atoms with van der Waals surface area (Å²) in [4.78, 5) is 0. The maximum atomic E-state index is 6.84. The normalized spacial score (nSPS) is 12.2. The van der Waals surface area contributed by atoms with Crippen molar-refractivity contribution in [1.82, 2.24) is 0 Å². The van der Waals surface area contributed by atoms with E-state index in [4.69, 9.17) is 32.8 Å². The Labute approximate surface area is 256 Å². The Morgan fingerprint density at radius 2 is 0.810 bits per heavy atom. The average molecular weight is 605 g/mol. The quantitative estimate of drug-likeness (QED) is 0.107. The molecule has 2 aromatic carbocycles. The summed E-state index contributed by atoms with van der Waals surface area (Å²) < 4.78 is 40.5. The Bertz CT molecular complexity index is 837. The third-order valence-electron chi connectivity index (χ3n) is 6.97. The minimum Gasteiger partial charge on any atom is -0.405 e. The maximum Gasteiger partial charge on any atom is 0.261 e. The minimum atomic E-state index is -2.52. The average Bonchev–Trinajstić information content (AvgIpc) is 3.00. The van der Waals surface area contributed by atoms with Gasteiger partial charge in [0.15, 0.2) is 0 Å². The van der Waals surface area contributed by atoms with Gasteiger partial charge in [0.1, 0.15) is 0 Å². The highest BCUT2D eigenvalue weighted by atomic mass is 28.4. The molecule has 0 unspecified atom stereocenters. The SMILES string of the molecule is CCCCCCOCCOCCOCCOCCOCCOCCO[Si](c1ccccc1)(c1ccccc1)C(C)(C)C. The lowest BCUT2D eigenvalue weighted by Gasteiger charge is -2.43. The third kappa shape index (κ3) is 14.2. The van der Waals surface area contributed by atoms with Crippen LogP contribution in [0.2, 0.25) is 5.04 Å². The van der Waals surface area contributed by atoms with Gasteiger partial charge < -0.3 is 32.8 Å². The number of hydrogen-bond donors (Lipinski definition) is 0. The second kappa shape index (κ2) is 22.9. The van der Waals surface area contributed by atoms with Gasteiger partial charge in [0.05, 0.1) is 79.3 Å². The summed E-state index contributed by atoms with van der Waals surface area (Å²) in [5.41, 5.74) is 0. The number of hydrogen-bond acceptors (Lipinski definition) is 7. The van der Waals surface area contributed by atoms with Crippen LogP contribution in [0, 0.1) is 0 Å². The molecule has 0 aromatic heterocycles. The van der Waals surface area contributed by atoms with Crippen molar-refractivity contribution in [2.75, 3.05) is 85.9 Å². The molecule has 0 amide bonds. The molecule has 42 heavy (non-hydrogen) atoms. The summed E-state index contributed by atoms with van der Waals surface area (Å²) in [7, 11) is -2.52. The topological polar surface area (TPSA) is 64.6 Å². The van der Waals surface area contributed by atoms with Gasteiger partial charge in [-0.05, 0) is 21.8 Å². The highest BCUT2D eigenvalue weighted by Crippen LogP contribution is 2.36. The molecule has 0 N–H and O–H groups in total. The van der Waals surface area contributed by atoms with Gasteiger partial charge in [-0.15, -0.1) is 0 Å². The van der Waals surface area contributed by atoms with Crippen LogP contribution in [0.4, 0.5) is 0 Å². The van der Waals surface area contributed by atoms with Gasteiger partial charge in [-0.2, -0.15) is 0 Å². The van der Waals surface area contributed by atoms with Gasteiger partial charge in [0.2, 0.25) is 0 Å². The number of benzene rings is 2. The molecule has 0 bridgehead atoms. The predicted molar refractivity (Wildman–Crippen MR) is 173 cm³/mol. The van der Waals surface area contributed by atoms with Crippen molar-refractivity contribution in [3.63, 3.8) is 0 Å². The lowest BCUT2D eigenvalue weighted by Crippen LogP contribution is -2.66. The molecule has 0 saturated heterocycles. The Hall–Kier alpha value is -1.62. The first kappa shape index (κ1) is 36.6. The van der Waals surface area contributed by atoms with Gasteiger partial charge in [0.25, 0.3) is 8.32 Å². The summed E-state index contributed by atoms with van der Waals surface area (Å²) in [6, 6.07) is 21.3. The Morgan fingerprint density at radius 3 is 1.17 bits per heavy atom. The molecular formula is C34H56O7Si.